The summed E-state index contributed by atoms with van der Waals surface area (Å²) in [7, 11) is 0. The molecule has 2 amide bonds. The lowest BCUT2D eigenvalue weighted by Crippen LogP contribution is -2.41. The van der Waals surface area contributed by atoms with Crippen molar-refractivity contribution in [2.75, 3.05) is 19.9 Å². The third-order valence-corrected chi connectivity index (χ3v) is 5.65. The van der Waals surface area contributed by atoms with E-state index in [-0.39, 0.29) is 30.4 Å². The topological polar surface area (TPSA) is 108 Å². The Morgan fingerprint density at radius 1 is 1.26 bits per heavy atom. The van der Waals surface area contributed by atoms with Gasteiger partial charge in [0.1, 0.15) is 5.56 Å². The molecule has 1 unspecified atom stereocenters. The highest BCUT2D eigenvalue weighted by Gasteiger charge is 2.26. The molecule has 1 rings (SSSR count). The molecule has 3 N–H and O–H groups in total. The molecule has 0 spiro atoms. The number of nitrogens with two attached hydrogens (primary N) is 1. The molecule has 0 aliphatic rings. The Hall–Kier alpha value is -2.58. The second kappa shape index (κ2) is 14.7. The van der Waals surface area contributed by atoms with Crippen molar-refractivity contribution in [1.82, 2.24) is 15.1 Å². The van der Waals surface area contributed by atoms with Gasteiger partial charge >= 0.3 is 6.09 Å². The van der Waals surface area contributed by atoms with E-state index in [1.165, 1.54) is 10.9 Å². The number of nitrogens with one attached hydrogen (secondary N) is 1. The summed E-state index contributed by atoms with van der Waals surface area (Å²) in [5.41, 5.74) is 4.73. The highest BCUT2D eigenvalue weighted by molar-refractivity contribution is 5.96. The Morgan fingerprint density at radius 2 is 1.94 bits per heavy atom. The van der Waals surface area contributed by atoms with Crippen LogP contribution in [0, 0.1) is 23.2 Å². The van der Waals surface area contributed by atoms with Crippen molar-refractivity contribution < 1.29 is 23.5 Å². The maximum atomic E-state index is 13.4. The lowest BCUT2D eigenvalue weighted by molar-refractivity contribution is 0.0900. The van der Waals surface area contributed by atoms with Gasteiger partial charge in [-0.1, -0.05) is 61.0 Å². The Balaban J connectivity index is 3.17. The maximum Gasteiger partial charge on any atom is 0.404 e. The molecule has 0 fully saturated rings. The first-order valence-electron chi connectivity index (χ1n) is 12.6. The highest BCUT2D eigenvalue weighted by atomic mass is 19.1. The summed E-state index contributed by atoms with van der Waals surface area (Å²) >= 11 is 0. The van der Waals surface area contributed by atoms with Crippen molar-refractivity contribution in [3.8, 4) is 5.88 Å². The number of hydrogen-bond acceptors (Lipinski definition) is 5. The predicted molar refractivity (Wildman–Crippen MR) is 137 cm³/mol. The summed E-state index contributed by atoms with van der Waals surface area (Å²) in [5, 5.41) is 7.49. The van der Waals surface area contributed by atoms with Crippen LogP contribution >= 0.6 is 0 Å². The second-order valence-corrected chi connectivity index (χ2v) is 10.6. The molecule has 8 nitrogen and oxygen atoms in total. The predicted octanol–water partition coefficient (Wildman–Crippen LogP) is 5.43. The molecule has 0 aromatic carbocycles. The van der Waals surface area contributed by atoms with Gasteiger partial charge in [0, 0.05) is 17.7 Å². The number of alkyl halides is 1. The quantitative estimate of drug-likeness (QED) is 0.297. The lowest BCUT2D eigenvalue weighted by atomic mass is 9.86. The number of primary amides is 1. The van der Waals surface area contributed by atoms with Gasteiger partial charge < -0.3 is 20.5 Å². The molecule has 0 saturated carbocycles. The molecule has 9 heteroatoms. The van der Waals surface area contributed by atoms with Crippen LogP contribution in [0.5, 0.6) is 5.88 Å². The molecule has 0 aliphatic heterocycles. The monoisotopic (exact) mass is 496 g/mol. The zero-order valence-electron chi connectivity index (χ0n) is 22.5. The van der Waals surface area contributed by atoms with Crippen molar-refractivity contribution in [3.63, 3.8) is 0 Å². The minimum Gasteiger partial charge on any atom is -0.477 e. The first kappa shape index (κ1) is 30.5. The number of allylic oxidation sites excluding steroid dienone is 1. The number of amides is 2. The number of nitrogens with zero attached hydrogens (tertiary/aromatic N) is 2. The number of hydrogen-bond donors (Lipinski definition) is 2. The van der Waals surface area contributed by atoms with Crippen molar-refractivity contribution in [2.45, 2.75) is 80.2 Å². The van der Waals surface area contributed by atoms with E-state index in [9.17, 15) is 14.0 Å². The van der Waals surface area contributed by atoms with Crippen molar-refractivity contribution >= 4 is 18.2 Å². The summed E-state index contributed by atoms with van der Waals surface area (Å²) in [4.78, 5) is 24.3. The van der Waals surface area contributed by atoms with Crippen LogP contribution in [0.25, 0.3) is 6.20 Å². The fraction of sp³-hybridized carbons (Fsp3) is 0.731. The second-order valence-electron chi connectivity index (χ2n) is 10.6. The summed E-state index contributed by atoms with van der Waals surface area (Å²) in [5.74, 6) is 1.02. The molecular formula is C26H45FN4O4. The van der Waals surface area contributed by atoms with Gasteiger partial charge in [0.15, 0.2) is 0 Å². The van der Waals surface area contributed by atoms with Crippen LogP contribution < -0.4 is 15.8 Å². The van der Waals surface area contributed by atoms with E-state index in [1.54, 1.807) is 26.1 Å². The van der Waals surface area contributed by atoms with E-state index in [0.29, 0.717) is 36.8 Å². The van der Waals surface area contributed by atoms with E-state index in [4.69, 9.17) is 15.2 Å². The van der Waals surface area contributed by atoms with Crippen LogP contribution in [0.1, 0.15) is 84.5 Å². The summed E-state index contributed by atoms with van der Waals surface area (Å²) in [6.07, 6.45) is 7.10. The molecule has 0 radical (unpaired) electrons. The molecular weight excluding hydrogens is 451 g/mol. The van der Waals surface area contributed by atoms with Gasteiger partial charge in [0.2, 0.25) is 5.88 Å². The van der Waals surface area contributed by atoms with Crippen molar-refractivity contribution in [3.05, 3.63) is 17.8 Å². The van der Waals surface area contributed by atoms with Crippen LogP contribution in [-0.2, 0) is 4.74 Å². The summed E-state index contributed by atoms with van der Waals surface area (Å²) < 4.78 is 25.6. The van der Waals surface area contributed by atoms with E-state index in [2.05, 4.69) is 31.2 Å². The number of ether oxygens (including phenoxy) is 2. The first-order chi connectivity index (χ1) is 16.4. The standard InChI is InChI=1S/C26H45FN4O4/c1-8-20(14-18(2)3)22(10-9-13-34-25(28)33)30-23(32)21-15-29-31(12-11-26(6,7)17-27)24(21)35-16-19(4)5/h11-12,15,18-20,22H,8-10,13-14,16-17H2,1-7H3,(H2,28,33)(H,30,32)/b12-11+/t20?,22-/m0/s1. The van der Waals surface area contributed by atoms with Crippen molar-refractivity contribution in [2.24, 2.45) is 28.9 Å². The van der Waals surface area contributed by atoms with E-state index < -0.39 is 18.2 Å². The van der Waals surface area contributed by atoms with E-state index in [1.807, 2.05) is 13.8 Å². The Morgan fingerprint density at radius 3 is 2.49 bits per heavy atom. The fourth-order valence-electron chi connectivity index (χ4n) is 3.69. The minimum absolute atomic E-state index is 0.117. The van der Waals surface area contributed by atoms with Crippen LogP contribution in [0.2, 0.25) is 0 Å². The van der Waals surface area contributed by atoms with Gasteiger partial charge in [0.05, 0.1) is 26.1 Å². The zero-order valence-corrected chi connectivity index (χ0v) is 22.5. The third-order valence-electron chi connectivity index (χ3n) is 5.65. The van der Waals surface area contributed by atoms with Gasteiger partial charge in [-0.3, -0.25) is 9.18 Å². The van der Waals surface area contributed by atoms with Crippen LogP contribution in [0.3, 0.4) is 0 Å². The van der Waals surface area contributed by atoms with E-state index in [0.717, 1.165) is 12.8 Å². The molecule has 1 aromatic heterocycles. The molecule has 0 aliphatic carbocycles. The summed E-state index contributed by atoms with van der Waals surface area (Å²) in [6, 6.07) is -0.117. The number of aromatic nitrogens is 2. The largest absolute Gasteiger partial charge is 0.477 e. The fourth-order valence-corrected chi connectivity index (χ4v) is 3.69. The molecule has 1 heterocycles. The van der Waals surface area contributed by atoms with Gasteiger partial charge in [-0.25, -0.2) is 9.48 Å². The SMILES string of the molecule is CCC(CC(C)C)[C@H](CCCOC(N)=O)NC(=O)c1cnn(/C=C/C(C)(C)CF)c1OCC(C)C. The van der Waals surface area contributed by atoms with Crippen molar-refractivity contribution in [1.29, 1.82) is 0 Å². The lowest BCUT2D eigenvalue weighted by Gasteiger charge is -2.29. The van der Waals surface area contributed by atoms with Crippen LogP contribution in [-0.4, -0.2) is 47.7 Å². The number of halogens is 1. The number of carbonyl (C=O) groups is 2. The average Bonchev–Trinajstić information content (AvgIpc) is 3.19. The number of rotatable bonds is 16. The van der Waals surface area contributed by atoms with Crippen LogP contribution in [0.4, 0.5) is 9.18 Å². The Kier molecular flexibility index (Phi) is 12.8. The first-order valence-corrected chi connectivity index (χ1v) is 12.6. The maximum absolute atomic E-state index is 13.4. The minimum atomic E-state index is -0.803. The summed E-state index contributed by atoms with van der Waals surface area (Å²) in [6.45, 7) is 14.1. The molecule has 35 heavy (non-hydrogen) atoms. The molecule has 1 aromatic rings. The average molecular weight is 497 g/mol. The molecule has 0 saturated heterocycles. The third kappa shape index (κ3) is 11.1. The van der Waals surface area contributed by atoms with Gasteiger partial charge in [-0.2, -0.15) is 5.10 Å². The van der Waals surface area contributed by atoms with Crippen LogP contribution in [0.15, 0.2) is 12.3 Å². The smallest absolute Gasteiger partial charge is 0.404 e. The molecule has 200 valence electrons. The van der Waals surface area contributed by atoms with Gasteiger partial charge in [-0.05, 0) is 37.0 Å². The van der Waals surface area contributed by atoms with E-state index >= 15 is 0 Å². The normalized spacial score (nSPS) is 13.9. The molecule has 0 bridgehead atoms. The highest BCUT2D eigenvalue weighted by Crippen LogP contribution is 2.26. The van der Waals surface area contributed by atoms with Gasteiger partial charge in [-0.15, -0.1) is 0 Å². The number of carbonyl (C=O) groups excluding carboxylic acids is 2. The van der Waals surface area contributed by atoms with Gasteiger partial charge in [0.25, 0.3) is 5.91 Å². The molecule has 2 atom stereocenters. The Bertz CT molecular complexity index is 820. The zero-order chi connectivity index (χ0) is 26.6. The Labute approximate surface area is 209 Å².